The van der Waals surface area contributed by atoms with Crippen molar-refractivity contribution in [2.75, 3.05) is 12.4 Å². The van der Waals surface area contributed by atoms with E-state index in [1.54, 1.807) is 13.0 Å². The number of carbonyl (C=O) groups is 2. The molecule has 0 spiro atoms. The van der Waals surface area contributed by atoms with Crippen molar-refractivity contribution in [1.29, 1.82) is 0 Å². The van der Waals surface area contributed by atoms with Crippen LogP contribution in [0.4, 0.5) is 10.7 Å². The van der Waals surface area contributed by atoms with Gasteiger partial charge in [-0.1, -0.05) is 13.3 Å². The SMILES string of the molecule is CCC[C@@H](NC(=O)Nc1nc(C)cc(OC)n1)C(=O)O. The summed E-state index contributed by atoms with van der Waals surface area (Å²) >= 11 is 0. The highest BCUT2D eigenvalue weighted by Gasteiger charge is 2.19. The van der Waals surface area contributed by atoms with E-state index >= 15 is 0 Å². The number of carbonyl (C=O) groups excluding carboxylic acids is 1. The van der Waals surface area contributed by atoms with E-state index < -0.39 is 18.0 Å². The second-order valence-corrected chi connectivity index (χ2v) is 4.15. The Morgan fingerprint density at radius 2 is 2.15 bits per heavy atom. The van der Waals surface area contributed by atoms with Crippen LogP contribution in [0.15, 0.2) is 6.07 Å². The summed E-state index contributed by atoms with van der Waals surface area (Å²) in [5.74, 6) is -0.708. The lowest BCUT2D eigenvalue weighted by molar-refractivity contribution is -0.139. The van der Waals surface area contributed by atoms with Crippen LogP contribution in [0.3, 0.4) is 0 Å². The average molecular weight is 282 g/mol. The van der Waals surface area contributed by atoms with Gasteiger partial charge in [-0.25, -0.2) is 14.6 Å². The summed E-state index contributed by atoms with van der Waals surface area (Å²) in [4.78, 5) is 30.6. The van der Waals surface area contributed by atoms with Gasteiger partial charge in [0.1, 0.15) is 6.04 Å². The highest BCUT2D eigenvalue weighted by Crippen LogP contribution is 2.11. The third kappa shape index (κ3) is 4.71. The molecule has 110 valence electrons. The maximum atomic E-state index is 11.7. The molecular formula is C12H18N4O4. The number of carboxylic acids is 1. The van der Waals surface area contributed by atoms with E-state index in [2.05, 4.69) is 20.6 Å². The molecule has 2 amide bonds. The highest BCUT2D eigenvalue weighted by atomic mass is 16.5. The molecule has 8 heteroatoms. The van der Waals surface area contributed by atoms with Crippen molar-refractivity contribution in [2.24, 2.45) is 0 Å². The molecule has 0 aliphatic heterocycles. The van der Waals surface area contributed by atoms with Gasteiger partial charge in [0, 0.05) is 11.8 Å². The van der Waals surface area contributed by atoms with E-state index in [9.17, 15) is 9.59 Å². The first-order chi connectivity index (χ1) is 9.46. The number of urea groups is 1. The van der Waals surface area contributed by atoms with Crippen LogP contribution in [0.1, 0.15) is 25.5 Å². The Bertz CT molecular complexity index is 492. The van der Waals surface area contributed by atoms with Crippen molar-refractivity contribution in [3.63, 3.8) is 0 Å². The zero-order chi connectivity index (χ0) is 15.1. The monoisotopic (exact) mass is 282 g/mol. The van der Waals surface area contributed by atoms with Gasteiger partial charge >= 0.3 is 12.0 Å². The van der Waals surface area contributed by atoms with Gasteiger partial charge in [0.2, 0.25) is 11.8 Å². The average Bonchev–Trinajstić information content (AvgIpc) is 2.37. The molecule has 0 unspecified atom stereocenters. The maximum absolute atomic E-state index is 11.7. The number of aliphatic carboxylic acids is 1. The van der Waals surface area contributed by atoms with Crippen molar-refractivity contribution >= 4 is 17.9 Å². The van der Waals surface area contributed by atoms with E-state index in [0.29, 0.717) is 24.4 Å². The fraction of sp³-hybridized carbons (Fsp3) is 0.500. The third-order valence-electron chi connectivity index (χ3n) is 2.45. The Hall–Kier alpha value is -2.38. The smallest absolute Gasteiger partial charge is 0.326 e. The molecular weight excluding hydrogens is 264 g/mol. The van der Waals surface area contributed by atoms with Gasteiger partial charge in [0.05, 0.1) is 7.11 Å². The molecule has 0 aliphatic rings. The Kier molecular flexibility index (Phi) is 5.70. The summed E-state index contributed by atoms with van der Waals surface area (Å²) in [5.41, 5.74) is 0.621. The van der Waals surface area contributed by atoms with Crippen LogP contribution in [0.25, 0.3) is 0 Å². The summed E-state index contributed by atoms with van der Waals surface area (Å²) in [6.45, 7) is 3.56. The molecule has 0 aliphatic carbocycles. The van der Waals surface area contributed by atoms with Crippen molar-refractivity contribution < 1.29 is 19.4 Å². The number of ether oxygens (including phenoxy) is 1. The molecule has 0 fully saturated rings. The van der Waals surface area contributed by atoms with Crippen molar-refractivity contribution in [2.45, 2.75) is 32.7 Å². The summed E-state index contributed by atoms with van der Waals surface area (Å²) in [6.07, 6.45) is 0.993. The van der Waals surface area contributed by atoms with E-state index in [1.165, 1.54) is 7.11 Å². The molecule has 0 aromatic carbocycles. The maximum Gasteiger partial charge on any atom is 0.326 e. The first-order valence-corrected chi connectivity index (χ1v) is 6.16. The largest absolute Gasteiger partial charge is 0.481 e. The van der Waals surface area contributed by atoms with Gasteiger partial charge in [-0.2, -0.15) is 4.98 Å². The number of aryl methyl sites for hydroxylation is 1. The Morgan fingerprint density at radius 1 is 1.45 bits per heavy atom. The number of rotatable bonds is 6. The Morgan fingerprint density at radius 3 is 2.70 bits per heavy atom. The molecule has 1 heterocycles. The van der Waals surface area contributed by atoms with Crippen LogP contribution in [0, 0.1) is 6.92 Å². The zero-order valence-electron chi connectivity index (χ0n) is 11.6. The van der Waals surface area contributed by atoms with E-state index in [-0.39, 0.29) is 5.95 Å². The fourth-order valence-corrected chi connectivity index (χ4v) is 1.54. The predicted molar refractivity (Wildman–Crippen MR) is 71.8 cm³/mol. The van der Waals surface area contributed by atoms with Crippen molar-refractivity contribution in [3.05, 3.63) is 11.8 Å². The molecule has 0 radical (unpaired) electrons. The van der Waals surface area contributed by atoms with E-state index in [1.807, 2.05) is 6.92 Å². The van der Waals surface area contributed by atoms with Gasteiger partial charge in [-0.3, -0.25) is 5.32 Å². The van der Waals surface area contributed by atoms with E-state index in [0.717, 1.165) is 0 Å². The second kappa shape index (κ2) is 7.27. The molecule has 0 bridgehead atoms. The number of nitrogens with one attached hydrogen (secondary N) is 2. The number of amides is 2. The number of anilines is 1. The lowest BCUT2D eigenvalue weighted by atomic mass is 10.2. The van der Waals surface area contributed by atoms with Crippen LogP contribution < -0.4 is 15.4 Å². The molecule has 1 aromatic rings. The minimum Gasteiger partial charge on any atom is -0.481 e. The lowest BCUT2D eigenvalue weighted by Crippen LogP contribution is -2.43. The minimum absolute atomic E-state index is 0.0555. The molecule has 1 rings (SSSR count). The van der Waals surface area contributed by atoms with Crippen LogP contribution >= 0.6 is 0 Å². The lowest BCUT2D eigenvalue weighted by Gasteiger charge is -2.14. The predicted octanol–water partition coefficient (Wildman–Crippen LogP) is 1.17. The molecule has 0 saturated carbocycles. The molecule has 3 N–H and O–H groups in total. The number of hydrogen-bond acceptors (Lipinski definition) is 5. The molecule has 0 saturated heterocycles. The highest BCUT2D eigenvalue weighted by molar-refractivity contribution is 5.90. The zero-order valence-corrected chi connectivity index (χ0v) is 11.6. The quantitative estimate of drug-likeness (QED) is 0.721. The van der Waals surface area contributed by atoms with Crippen LogP contribution in [0.2, 0.25) is 0 Å². The van der Waals surface area contributed by atoms with Gasteiger partial charge in [0.25, 0.3) is 0 Å². The Labute approximate surface area is 116 Å². The van der Waals surface area contributed by atoms with Gasteiger partial charge in [-0.15, -0.1) is 0 Å². The summed E-state index contributed by atoms with van der Waals surface area (Å²) in [6, 6.07) is 0.00504. The van der Waals surface area contributed by atoms with Crippen molar-refractivity contribution in [1.82, 2.24) is 15.3 Å². The summed E-state index contributed by atoms with van der Waals surface area (Å²) < 4.78 is 4.96. The number of carboxylic acid groups (broad SMARTS) is 1. The Balaban J connectivity index is 2.70. The number of aromatic nitrogens is 2. The first kappa shape index (κ1) is 15.7. The number of hydrogen-bond donors (Lipinski definition) is 3. The standard InChI is InChI=1S/C12H18N4O4/c1-4-5-8(10(17)18)14-12(19)16-11-13-7(2)6-9(15-11)20-3/h6,8H,4-5H2,1-3H3,(H,17,18)(H2,13,14,15,16,19)/t8-/m1/s1. The van der Waals surface area contributed by atoms with E-state index in [4.69, 9.17) is 9.84 Å². The van der Waals surface area contributed by atoms with Crippen LogP contribution in [-0.4, -0.2) is 40.2 Å². The van der Waals surface area contributed by atoms with Gasteiger partial charge in [0.15, 0.2) is 0 Å². The van der Waals surface area contributed by atoms with Crippen LogP contribution in [0.5, 0.6) is 5.88 Å². The number of nitrogens with zero attached hydrogens (tertiary/aromatic N) is 2. The molecule has 8 nitrogen and oxygen atoms in total. The van der Waals surface area contributed by atoms with Crippen molar-refractivity contribution in [3.8, 4) is 5.88 Å². The van der Waals surface area contributed by atoms with Gasteiger partial charge < -0.3 is 15.2 Å². The first-order valence-electron chi connectivity index (χ1n) is 6.16. The van der Waals surface area contributed by atoms with Gasteiger partial charge in [-0.05, 0) is 13.3 Å². The fourth-order valence-electron chi connectivity index (χ4n) is 1.54. The minimum atomic E-state index is -1.08. The normalized spacial score (nSPS) is 11.6. The summed E-state index contributed by atoms with van der Waals surface area (Å²) in [5, 5.41) is 13.7. The topological polar surface area (TPSA) is 113 Å². The van der Waals surface area contributed by atoms with Crippen LogP contribution in [-0.2, 0) is 4.79 Å². The second-order valence-electron chi connectivity index (χ2n) is 4.15. The summed E-state index contributed by atoms with van der Waals surface area (Å²) in [7, 11) is 1.45. The molecule has 20 heavy (non-hydrogen) atoms. The molecule has 1 atom stereocenters. The molecule has 1 aromatic heterocycles. The third-order valence-corrected chi connectivity index (χ3v) is 2.45. The number of methoxy groups -OCH3 is 1.